The molecule has 640 valence electrons. The van der Waals surface area contributed by atoms with Crippen LogP contribution in [-0.2, 0) is 105 Å². The molecule has 7 aliphatic heterocycles. The molecule has 7 aliphatic rings. The topological polar surface area (TPSA) is 751 Å². The van der Waals surface area contributed by atoms with Gasteiger partial charge in [-0.2, -0.15) is 0 Å². The van der Waals surface area contributed by atoms with Gasteiger partial charge in [0.25, 0.3) is 11.6 Å². The van der Waals surface area contributed by atoms with Crippen LogP contribution in [0.2, 0.25) is 0 Å². The molecule has 0 bridgehead atoms. The second kappa shape index (κ2) is 41.2. The minimum Gasteiger partial charge on any atom is -0.477 e. The van der Waals surface area contributed by atoms with Gasteiger partial charge in [-0.3, -0.25) is 24.0 Å². The first-order valence-electron chi connectivity index (χ1n) is 35.3. The molecule has 0 aromatic rings. The SMILES string of the molecule is COC(=O)CCCCCO[C@@H]1O[C@H](CO[C@@H]2O[C@H](CO)[C@@H](O[C@@H]3O[C@H](CO[C@]4(C(=O)O)C[C@H](O)[C@@H](NC(C)=O)[C@@H]([C@H](O)[C@H](O)CO)O4)[C@H](O)[C@H](O)[C@H]3O)[C@H](O)[C@H]2NC(C)=O)[C@H](O[C@@H]2O[C@H](CO)[C@@H](O[C@@H]3O[C@H](CO[C@@]4(C(=O)O)C[C@@H](O)[C@H](NC(C)=O)[C@H]([C@@H](O)[C@@H](O)CO)O4)[C@H](O)[C@H](O)[C@H]3O)[C@H](O)[C@H]2NC(C)=O)[C@H](O)[C@H]1O. The number of aliphatic hydroxyl groups is 20. The number of carboxylic acids is 2. The summed E-state index contributed by atoms with van der Waals surface area (Å²) >= 11 is 0. The molecular weight excluding hydrogens is 1520 g/mol. The second-order valence-electron chi connectivity index (χ2n) is 27.7. The highest BCUT2D eigenvalue weighted by molar-refractivity contribution is 5.78. The molecule has 111 heavy (non-hydrogen) atoms. The third kappa shape index (κ3) is 22.4. The van der Waals surface area contributed by atoms with Crippen LogP contribution in [0.3, 0.4) is 0 Å². The Morgan fingerprint density at radius 2 is 0.784 bits per heavy atom. The molecule has 0 aliphatic carbocycles. The Balaban J connectivity index is 1.11. The molecule has 37 atom stereocenters. The van der Waals surface area contributed by atoms with E-state index >= 15 is 0 Å². The zero-order valence-electron chi connectivity index (χ0n) is 60.4. The van der Waals surface area contributed by atoms with E-state index in [0.717, 1.165) is 27.7 Å². The molecular formula is C63H104N4O44. The standard InChI is InChI=1S/C63H104N4O44/c1-20(72)64-34-24(76)11-62(60(93)94,110-53(34)38(81)26(78)13-68)100-18-30-40(83)44(87)47(90)58(104-30)108-50-28(15-70)102-55(36(42(50)85)66-22(3)74)99-17-32-52(46(89)49(92)57(106-32)98-10-8-6-7-9-33(80)97-5)107-56-37(67-23(4)75)43(86)51(29(16-71)103-56)109-59-48(91)45(88)41(84)31(105-59)19-101-63(61(95)96)12-25(77)35(65-21(2)73)54(111-63)39(82)27(79)14-69/h24-32,34-59,68-71,76-79,81-92H,6-19H2,1-5H3,(H,64,72)(H,65,73)(H,66,74)(H,67,75)(H,93,94)(H,95,96)/t24-,25+,26+,27-,28+,29+,30+,31+,32+,34+,35-,36+,37+,38+,39-,40-,41-,42+,43+,44-,45-,46+,47+,48+,49+,50+,51+,52-,53-,54+,55+,56-,57+,58-,59-,62+,63-/m0/s1. The summed E-state index contributed by atoms with van der Waals surface area (Å²) in [6.07, 6.45) is -65.8. The summed E-state index contributed by atoms with van der Waals surface area (Å²) in [7, 11) is 1.19. The van der Waals surface area contributed by atoms with Gasteiger partial charge in [0.05, 0.1) is 77.6 Å². The van der Waals surface area contributed by atoms with Crippen molar-refractivity contribution in [2.45, 2.75) is 292 Å². The minimum atomic E-state index is -3.04. The van der Waals surface area contributed by atoms with Crippen LogP contribution in [0.15, 0.2) is 0 Å². The number of nitrogens with one attached hydrogen (secondary N) is 4. The molecule has 48 nitrogen and oxygen atoms in total. The third-order valence-corrected chi connectivity index (χ3v) is 19.6. The van der Waals surface area contributed by atoms with E-state index < -0.39 is 327 Å². The van der Waals surface area contributed by atoms with Gasteiger partial charge in [0, 0.05) is 53.6 Å². The Morgan fingerprint density at radius 3 is 1.18 bits per heavy atom. The van der Waals surface area contributed by atoms with Crippen LogP contribution >= 0.6 is 0 Å². The summed E-state index contributed by atoms with van der Waals surface area (Å²) < 4.78 is 86.8. The molecule has 0 aromatic carbocycles. The molecule has 0 saturated carbocycles. The lowest BCUT2D eigenvalue weighted by Crippen LogP contribution is -2.70. The molecule has 0 unspecified atom stereocenters. The normalized spacial score (nSPS) is 41.9. The van der Waals surface area contributed by atoms with E-state index in [-0.39, 0.29) is 19.4 Å². The van der Waals surface area contributed by atoms with Crippen molar-refractivity contribution in [1.29, 1.82) is 0 Å². The van der Waals surface area contributed by atoms with Gasteiger partial charge in [-0.15, -0.1) is 0 Å². The average molecular weight is 1620 g/mol. The number of carboxylic acid groups (broad SMARTS) is 2. The van der Waals surface area contributed by atoms with E-state index in [2.05, 4.69) is 26.0 Å². The van der Waals surface area contributed by atoms with E-state index in [9.17, 15) is 146 Å². The highest BCUT2D eigenvalue weighted by atomic mass is 16.8. The van der Waals surface area contributed by atoms with Crippen molar-refractivity contribution in [3.63, 3.8) is 0 Å². The average Bonchev–Trinajstić information content (AvgIpc) is 0.774. The van der Waals surface area contributed by atoms with Gasteiger partial charge in [-0.25, -0.2) is 9.59 Å². The van der Waals surface area contributed by atoms with Gasteiger partial charge in [-0.05, 0) is 12.8 Å². The predicted molar refractivity (Wildman–Crippen MR) is 347 cm³/mol. The van der Waals surface area contributed by atoms with Crippen molar-refractivity contribution in [2.24, 2.45) is 0 Å². The summed E-state index contributed by atoms with van der Waals surface area (Å²) in [6, 6.07) is -7.05. The maximum absolute atomic E-state index is 13.0. The van der Waals surface area contributed by atoms with Gasteiger partial charge < -0.3 is 205 Å². The molecule has 48 heteroatoms. The number of esters is 1. The summed E-state index contributed by atoms with van der Waals surface area (Å²) in [5.74, 6) is -14.1. The molecule has 7 rings (SSSR count). The monoisotopic (exact) mass is 1620 g/mol. The fraction of sp³-hybridized carbons (Fsp3) is 0.889. The molecule has 4 amide bonds. The summed E-state index contributed by atoms with van der Waals surface area (Å²) in [6.45, 7) is -4.20. The van der Waals surface area contributed by atoms with Crippen LogP contribution in [0.25, 0.3) is 0 Å². The number of methoxy groups -OCH3 is 1. The molecule has 0 aromatic heterocycles. The Kier molecular flexibility index (Phi) is 34.5. The third-order valence-electron chi connectivity index (χ3n) is 19.6. The number of amides is 4. The number of unbranched alkanes of at least 4 members (excludes halogenated alkanes) is 2. The van der Waals surface area contributed by atoms with Crippen LogP contribution in [0.5, 0.6) is 0 Å². The van der Waals surface area contributed by atoms with E-state index in [1.54, 1.807) is 0 Å². The number of aliphatic hydroxyl groups excluding tert-OH is 20. The van der Waals surface area contributed by atoms with Crippen molar-refractivity contribution < 1.29 is 217 Å². The molecule has 7 heterocycles. The van der Waals surface area contributed by atoms with E-state index in [1.165, 1.54) is 7.11 Å². The Bertz CT molecular complexity index is 3010. The lowest BCUT2D eigenvalue weighted by atomic mass is 9.88. The fourth-order valence-corrected chi connectivity index (χ4v) is 13.7. The van der Waals surface area contributed by atoms with E-state index in [0.29, 0.717) is 12.8 Å². The molecule has 7 fully saturated rings. The minimum absolute atomic E-state index is 0.0275. The molecule has 7 saturated heterocycles. The quantitative estimate of drug-likeness (QED) is 0.0205. The first-order valence-corrected chi connectivity index (χ1v) is 35.3. The maximum atomic E-state index is 13.0. The van der Waals surface area contributed by atoms with Crippen LogP contribution in [0.1, 0.15) is 66.2 Å². The first-order chi connectivity index (χ1) is 52.2. The van der Waals surface area contributed by atoms with Gasteiger partial charge >= 0.3 is 17.9 Å². The van der Waals surface area contributed by atoms with Gasteiger partial charge in [0.2, 0.25) is 23.6 Å². The highest BCUT2D eigenvalue weighted by Gasteiger charge is 2.61. The van der Waals surface area contributed by atoms with Crippen molar-refractivity contribution >= 4 is 41.5 Å². The second-order valence-corrected chi connectivity index (χ2v) is 27.7. The maximum Gasteiger partial charge on any atom is 0.364 e. The molecule has 26 N–H and O–H groups in total. The number of rotatable bonds is 36. The van der Waals surface area contributed by atoms with Gasteiger partial charge in [0.1, 0.15) is 159 Å². The highest BCUT2D eigenvalue weighted by Crippen LogP contribution is 2.40. The number of carbonyl (C=O) groups excluding carboxylic acids is 5. The van der Waals surface area contributed by atoms with Gasteiger partial charge in [-0.1, -0.05) is 6.42 Å². The van der Waals surface area contributed by atoms with Crippen molar-refractivity contribution in [2.75, 3.05) is 60.0 Å². The summed E-state index contributed by atoms with van der Waals surface area (Å²) in [5, 5.41) is 251. The number of ether oxygens (including phenoxy) is 15. The van der Waals surface area contributed by atoms with Crippen molar-refractivity contribution in [1.82, 2.24) is 21.3 Å². The van der Waals surface area contributed by atoms with Crippen molar-refractivity contribution in [3.05, 3.63) is 0 Å². The largest absolute Gasteiger partial charge is 0.477 e. The molecule has 0 radical (unpaired) electrons. The van der Waals surface area contributed by atoms with Crippen LogP contribution in [0.4, 0.5) is 0 Å². The number of hydrogen-bond acceptors (Lipinski definition) is 42. The zero-order chi connectivity index (χ0) is 82.6. The van der Waals surface area contributed by atoms with Gasteiger partial charge in [0.15, 0.2) is 31.5 Å². The van der Waals surface area contributed by atoms with Crippen LogP contribution in [0, 0.1) is 0 Å². The molecule has 0 spiro atoms. The summed E-state index contributed by atoms with van der Waals surface area (Å²) in [4.78, 5) is 87.8. The Morgan fingerprint density at radius 1 is 0.414 bits per heavy atom. The van der Waals surface area contributed by atoms with Crippen molar-refractivity contribution in [3.8, 4) is 0 Å². The lowest BCUT2D eigenvalue weighted by Gasteiger charge is -2.50. The van der Waals surface area contributed by atoms with Crippen LogP contribution < -0.4 is 21.3 Å². The van der Waals surface area contributed by atoms with E-state index in [4.69, 9.17) is 66.3 Å². The summed E-state index contributed by atoms with van der Waals surface area (Å²) in [5.41, 5.74) is 0. The number of aliphatic carboxylic acids is 2. The Hall–Kier alpha value is -5.07. The Labute approximate surface area is 630 Å². The lowest BCUT2D eigenvalue weighted by molar-refractivity contribution is -0.375. The first kappa shape index (κ1) is 93.1. The smallest absolute Gasteiger partial charge is 0.364 e. The number of carbonyl (C=O) groups is 7. The zero-order valence-corrected chi connectivity index (χ0v) is 60.4. The van der Waals surface area contributed by atoms with Crippen LogP contribution in [-0.4, -0.2) is 440 Å². The van der Waals surface area contributed by atoms with E-state index in [1.807, 2.05) is 0 Å². The predicted octanol–water partition coefficient (Wildman–Crippen LogP) is -15.5. The fourth-order valence-electron chi connectivity index (χ4n) is 13.7. The number of hydrogen-bond donors (Lipinski definition) is 26.